The Bertz CT molecular complexity index is 533. The van der Waals surface area contributed by atoms with Crippen LogP contribution in [0.3, 0.4) is 0 Å². The van der Waals surface area contributed by atoms with Crippen molar-refractivity contribution in [2.75, 3.05) is 5.33 Å². The Labute approximate surface area is 127 Å². The molecule has 2 aliphatic rings. The van der Waals surface area contributed by atoms with Crippen molar-refractivity contribution in [3.8, 4) is 5.75 Å². The van der Waals surface area contributed by atoms with Gasteiger partial charge in [-0.05, 0) is 25.0 Å². The minimum absolute atomic E-state index is 0.0785. The highest BCUT2D eigenvalue weighted by Gasteiger charge is 2.46. The van der Waals surface area contributed by atoms with Crippen molar-refractivity contribution in [1.82, 2.24) is 5.32 Å². The molecule has 0 radical (unpaired) electrons. The van der Waals surface area contributed by atoms with Crippen LogP contribution in [0, 0.1) is 0 Å². The molecule has 0 atom stereocenters. The Hall–Kier alpha value is -1.29. The quantitative estimate of drug-likeness (QED) is 0.858. The van der Waals surface area contributed by atoms with Gasteiger partial charge in [0.2, 0.25) is 0 Å². The molecule has 0 saturated heterocycles. The number of rotatable bonds is 3. The minimum Gasteiger partial charge on any atom is -0.452 e. The molecule has 1 fully saturated rings. The van der Waals surface area contributed by atoms with E-state index in [1.165, 1.54) is 6.42 Å². The van der Waals surface area contributed by atoms with E-state index in [-0.39, 0.29) is 11.4 Å². The van der Waals surface area contributed by atoms with E-state index >= 15 is 0 Å². The number of hydrogen-bond donors (Lipinski definition) is 1. The van der Waals surface area contributed by atoms with E-state index in [0.717, 1.165) is 31.3 Å². The molecular formula is C16H18BrNO2. The summed E-state index contributed by atoms with van der Waals surface area (Å²) in [6.07, 6.45) is 5.61. The molecule has 1 aromatic rings. The van der Waals surface area contributed by atoms with E-state index in [1.54, 1.807) is 0 Å². The number of para-hydroxylation sites is 1. The van der Waals surface area contributed by atoms with Crippen LogP contribution in [-0.2, 0) is 4.79 Å². The van der Waals surface area contributed by atoms with Gasteiger partial charge in [0.1, 0.15) is 5.75 Å². The van der Waals surface area contributed by atoms with Crippen LogP contribution in [0.5, 0.6) is 5.75 Å². The third-order valence-electron chi connectivity index (χ3n) is 4.21. The molecule has 1 spiro atoms. The standard InChI is InChI=1S/C16H18BrNO2/c17-11-13-14(20-12-7-3-1-4-8-12)15(19)18-16(13)9-5-2-6-10-16/h1,3-4,7-8H,2,5-6,9-11H2,(H,18,19). The summed E-state index contributed by atoms with van der Waals surface area (Å²) >= 11 is 3.54. The van der Waals surface area contributed by atoms with Gasteiger partial charge in [0.15, 0.2) is 5.76 Å². The Morgan fingerprint density at radius 1 is 1.15 bits per heavy atom. The number of carbonyl (C=O) groups excluding carboxylic acids is 1. The van der Waals surface area contributed by atoms with Crippen molar-refractivity contribution in [3.63, 3.8) is 0 Å². The second-order valence-electron chi connectivity index (χ2n) is 5.45. The van der Waals surface area contributed by atoms with E-state index < -0.39 is 0 Å². The van der Waals surface area contributed by atoms with Crippen LogP contribution in [0.4, 0.5) is 0 Å². The van der Waals surface area contributed by atoms with Gasteiger partial charge in [-0.2, -0.15) is 0 Å². The van der Waals surface area contributed by atoms with Gasteiger partial charge in [0, 0.05) is 10.9 Å². The molecule has 0 bridgehead atoms. The smallest absolute Gasteiger partial charge is 0.287 e. The maximum Gasteiger partial charge on any atom is 0.287 e. The fourth-order valence-corrected chi connectivity index (χ4v) is 3.98. The van der Waals surface area contributed by atoms with E-state index in [4.69, 9.17) is 4.74 Å². The summed E-state index contributed by atoms with van der Waals surface area (Å²) in [6.45, 7) is 0. The number of halogens is 1. The molecule has 1 N–H and O–H groups in total. The molecule has 1 heterocycles. The number of nitrogens with one attached hydrogen (secondary N) is 1. The average Bonchev–Trinajstić information content (AvgIpc) is 2.72. The third-order valence-corrected chi connectivity index (χ3v) is 4.78. The second-order valence-corrected chi connectivity index (χ2v) is 6.01. The first-order valence-electron chi connectivity index (χ1n) is 7.10. The second kappa shape index (κ2) is 5.60. The van der Waals surface area contributed by atoms with Crippen LogP contribution < -0.4 is 10.1 Å². The zero-order valence-electron chi connectivity index (χ0n) is 11.3. The fourth-order valence-electron chi connectivity index (χ4n) is 3.19. The summed E-state index contributed by atoms with van der Waals surface area (Å²) in [5.74, 6) is 1.11. The van der Waals surface area contributed by atoms with Crippen molar-refractivity contribution in [2.24, 2.45) is 0 Å². The van der Waals surface area contributed by atoms with E-state index in [0.29, 0.717) is 16.8 Å². The normalized spacial score (nSPS) is 21.1. The lowest BCUT2D eigenvalue weighted by atomic mass is 9.78. The average molecular weight is 336 g/mol. The van der Waals surface area contributed by atoms with Gasteiger partial charge in [-0.3, -0.25) is 4.79 Å². The molecule has 20 heavy (non-hydrogen) atoms. The van der Waals surface area contributed by atoms with Crippen LogP contribution in [0.2, 0.25) is 0 Å². The largest absolute Gasteiger partial charge is 0.452 e. The molecule has 1 aliphatic carbocycles. The predicted octanol–water partition coefficient (Wildman–Crippen LogP) is 3.55. The number of carbonyl (C=O) groups is 1. The first-order chi connectivity index (χ1) is 9.75. The molecule has 1 amide bonds. The van der Waals surface area contributed by atoms with Gasteiger partial charge in [-0.15, -0.1) is 0 Å². The van der Waals surface area contributed by atoms with Gasteiger partial charge >= 0.3 is 0 Å². The van der Waals surface area contributed by atoms with Crippen LogP contribution in [0.1, 0.15) is 32.1 Å². The Kier molecular flexibility index (Phi) is 3.83. The highest BCUT2D eigenvalue weighted by Crippen LogP contribution is 2.40. The summed E-state index contributed by atoms with van der Waals surface area (Å²) in [4.78, 5) is 12.3. The van der Waals surface area contributed by atoms with Crippen LogP contribution in [-0.4, -0.2) is 16.8 Å². The van der Waals surface area contributed by atoms with E-state index in [1.807, 2.05) is 30.3 Å². The lowest BCUT2D eigenvalue weighted by molar-refractivity contribution is -0.119. The molecule has 3 rings (SSSR count). The number of amides is 1. The minimum atomic E-state index is -0.178. The fraction of sp³-hybridized carbons (Fsp3) is 0.438. The van der Waals surface area contributed by atoms with Crippen LogP contribution in [0.25, 0.3) is 0 Å². The summed E-state index contributed by atoms with van der Waals surface area (Å²) in [5, 5.41) is 3.85. The first kappa shape index (κ1) is 13.7. The summed E-state index contributed by atoms with van der Waals surface area (Å²) in [7, 11) is 0. The van der Waals surface area contributed by atoms with Crippen molar-refractivity contribution < 1.29 is 9.53 Å². The maximum absolute atomic E-state index is 12.3. The molecule has 1 aliphatic heterocycles. The molecule has 4 heteroatoms. The summed E-state index contributed by atoms with van der Waals surface area (Å²) in [5.41, 5.74) is 0.897. The van der Waals surface area contributed by atoms with Crippen LogP contribution in [0.15, 0.2) is 41.7 Å². The Morgan fingerprint density at radius 3 is 2.50 bits per heavy atom. The molecular weight excluding hydrogens is 318 g/mol. The molecule has 1 aromatic carbocycles. The number of ether oxygens (including phenoxy) is 1. The zero-order valence-corrected chi connectivity index (χ0v) is 12.9. The molecule has 3 nitrogen and oxygen atoms in total. The molecule has 1 saturated carbocycles. The van der Waals surface area contributed by atoms with Gasteiger partial charge in [-0.1, -0.05) is 53.4 Å². The highest BCUT2D eigenvalue weighted by molar-refractivity contribution is 9.09. The van der Waals surface area contributed by atoms with Crippen molar-refractivity contribution >= 4 is 21.8 Å². The predicted molar refractivity (Wildman–Crippen MR) is 81.8 cm³/mol. The summed E-state index contributed by atoms with van der Waals surface area (Å²) in [6, 6.07) is 9.50. The van der Waals surface area contributed by atoms with Crippen molar-refractivity contribution in [2.45, 2.75) is 37.6 Å². The topological polar surface area (TPSA) is 38.3 Å². The summed E-state index contributed by atoms with van der Waals surface area (Å²) < 4.78 is 5.86. The molecule has 0 unspecified atom stereocenters. The molecule has 0 aromatic heterocycles. The Morgan fingerprint density at radius 2 is 1.85 bits per heavy atom. The lowest BCUT2D eigenvalue weighted by Gasteiger charge is -2.35. The number of benzene rings is 1. The monoisotopic (exact) mass is 335 g/mol. The molecule has 106 valence electrons. The van der Waals surface area contributed by atoms with Gasteiger partial charge < -0.3 is 10.1 Å². The van der Waals surface area contributed by atoms with Crippen molar-refractivity contribution in [1.29, 1.82) is 0 Å². The Balaban J connectivity index is 1.93. The first-order valence-corrected chi connectivity index (χ1v) is 8.22. The van der Waals surface area contributed by atoms with E-state index in [9.17, 15) is 4.79 Å². The van der Waals surface area contributed by atoms with Gasteiger partial charge in [0.25, 0.3) is 5.91 Å². The lowest BCUT2D eigenvalue weighted by Crippen LogP contribution is -2.46. The van der Waals surface area contributed by atoms with E-state index in [2.05, 4.69) is 21.2 Å². The maximum atomic E-state index is 12.3. The third kappa shape index (κ3) is 2.37. The van der Waals surface area contributed by atoms with Crippen molar-refractivity contribution in [3.05, 3.63) is 41.7 Å². The highest BCUT2D eigenvalue weighted by atomic mass is 79.9. The van der Waals surface area contributed by atoms with Gasteiger partial charge in [0.05, 0.1) is 5.54 Å². The zero-order chi connectivity index (χ0) is 14.0. The van der Waals surface area contributed by atoms with Crippen LogP contribution >= 0.6 is 15.9 Å². The van der Waals surface area contributed by atoms with Gasteiger partial charge in [-0.25, -0.2) is 0 Å². The SMILES string of the molecule is O=C1NC2(CCCCC2)C(CBr)=C1Oc1ccccc1. The number of alkyl halides is 1. The number of hydrogen-bond acceptors (Lipinski definition) is 2.